The molecule has 0 aliphatic carbocycles. The molecule has 0 bridgehead atoms. The number of oxazole rings is 1. The molecule has 14 heavy (non-hydrogen) atoms. The molecule has 1 heterocycles. The number of nitrogens with zero attached hydrogens (tertiary/aromatic N) is 1. The molecular weight excluding hydrogens is 183 g/mol. The van der Waals surface area contributed by atoms with Crippen LogP contribution in [0.4, 0.5) is 10.4 Å². The summed E-state index contributed by atoms with van der Waals surface area (Å²) in [7, 11) is 0. The molecule has 0 aliphatic rings. The van der Waals surface area contributed by atoms with Crippen molar-refractivity contribution in [2.45, 2.75) is 6.92 Å². The smallest absolute Gasteiger partial charge is 0.292 e. The van der Waals surface area contributed by atoms with Crippen LogP contribution in [-0.4, -0.2) is 4.98 Å². The molecule has 0 saturated carbocycles. The molecule has 0 saturated heterocycles. The topological polar surface area (TPSA) is 52.0 Å². The fourth-order valence-corrected chi connectivity index (χ4v) is 1.31. The summed E-state index contributed by atoms with van der Waals surface area (Å²) in [6.45, 7) is 1.72. The molecular formula is C10H9FN2O. The van der Waals surface area contributed by atoms with Gasteiger partial charge < -0.3 is 10.2 Å². The maximum absolute atomic E-state index is 13.3. The summed E-state index contributed by atoms with van der Waals surface area (Å²) in [5.41, 5.74) is 6.34. The van der Waals surface area contributed by atoms with E-state index < -0.39 is 0 Å². The minimum atomic E-state index is -0.341. The number of aryl methyl sites for hydroxylation is 1. The third-order valence-electron chi connectivity index (χ3n) is 1.93. The molecule has 3 nitrogen and oxygen atoms in total. The minimum absolute atomic E-state index is 0.0563. The summed E-state index contributed by atoms with van der Waals surface area (Å²) in [5.74, 6) is 0.0485. The van der Waals surface area contributed by atoms with E-state index in [1.54, 1.807) is 25.1 Å². The summed E-state index contributed by atoms with van der Waals surface area (Å²) in [5, 5.41) is 0. The molecule has 72 valence electrons. The fourth-order valence-electron chi connectivity index (χ4n) is 1.31. The maximum Gasteiger partial charge on any atom is 0.292 e. The van der Waals surface area contributed by atoms with Gasteiger partial charge in [0.1, 0.15) is 5.82 Å². The lowest BCUT2D eigenvalue weighted by molar-refractivity contribution is 0.579. The standard InChI is InChI=1S/C10H9FN2O/c1-6-9(14-10(12)13-6)7-4-2-3-5-8(7)11/h2-5H,1H3,(H2,12,13). The number of hydrogen-bond donors (Lipinski definition) is 1. The number of hydrogen-bond acceptors (Lipinski definition) is 3. The van der Waals surface area contributed by atoms with Crippen LogP contribution in [0.15, 0.2) is 28.7 Å². The maximum atomic E-state index is 13.3. The van der Waals surface area contributed by atoms with Crippen LogP contribution < -0.4 is 5.73 Å². The summed E-state index contributed by atoms with van der Waals surface area (Å²) in [6, 6.07) is 6.40. The monoisotopic (exact) mass is 192 g/mol. The first-order valence-electron chi connectivity index (χ1n) is 4.16. The van der Waals surface area contributed by atoms with E-state index in [0.29, 0.717) is 17.0 Å². The lowest BCUT2D eigenvalue weighted by atomic mass is 10.1. The molecule has 1 aromatic heterocycles. The molecule has 2 N–H and O–H groups in total. The second kappa shape index (κ2) is 3.14. The third-order valence-corrected chi connectivity index (χ3v) is 1.93. The number of nitrogens with two attached hydrogens (primary N) is 1. The number of halogens is 1. The van der Waals surface area contributed by atoms with E-state index in [2.05, 4.69) is 4.98 Å². The molecule has 1 aromatic carbocycles. The number of nitrogen functional groups attached to an aromatic ring is 1. The Labute approximate surface area is 80.4 Å². The van der Waals surface area contributed by atoms with Crippen molar-refractivity contribution in [3.05, 3.63) is 35.8 Å². The predicted molar refractivity (Wildman–Crippen MR) is 51.0 cm³/mol. The van der Waals surface area contributed by atoms with Crippen molar-refractivity contribution in [1.29, 1.82) is 0 Å². The zero-order valence-corrected chi connectivity index (χ0v) is 7.62. The van der Waals surface area contributed by atoms with Crippen molar-refractivity contribution in [3.63, 3.8) is 0 Å². The summed E-state index contributed by atoms with van der Waals surface area (Å²) >= 11 is 0. The van der Waals surface area contributed by atoms with Crippen molar-refractivity contribution in [2.75, 3.05) is 5.73 Å². The highest BCUT2D eigenvalue weighted by molar-refractivity contribution is 5.61. The van der Waals surface area contributed by atoms with E-state index in [9.17, 15) is 4.39 Å². The highest BCUT2D eigenvalue weighted by Crippen LogP contribution is 2.27. The van der Waals surface area contributed by atoms with Gasteiger partial charge in [-0.05, 0) is 19.1 Å². The largest absolute Gasteiger partial charge is 0.423 e. The van der Waals surface area contributed by atoms with Gasteiger partial charge >= 0.3 is 0 Å². The lowest BCUT2D eigenvalue weighted by Gasteiger charge is -1.98. The minimum Gasteiger partial charge on any atom is -0.423 e. The number of aromatic nitrogens is 1. The SMILES string of the molecule is Cc1nc(N)oc1-c1ccccc1F. The molecule has 2 aromatic rings. The van der Waals surface area contributed by atoms with Crippen molar-refractivity contribution in [2.24, 2.45) is 0 Å². The van der Waals surface area contributed by atoms with Crippen LogP contribution in [0.5, 0.6) is 0 Å². The number of rotatable bonds is 1. The fraction of sp³-hybridized carbons (Fsp3) is 0.100. The first kappa shape index (κ1) is 8.74. The zero-order chi connectivity index (χ0) is 10.1. The van der Waals surface area contributed by atoms with Gasteiger partial charge in [-0.25, -0.2) is 4.39 Å². The number of anilines is 1. The summed E-state index contributed by atoms with van der Waals surface area (Å²) in [6.07, 6.45) is 0. The van der Waals surface area contributed by atoms with Crippen LogP contribution in [-0.2, 0) is 0 Å². The Morgan fingerprint density at radius 2 is 2.07 bits per heavy atom. The highest BCUT2D eigenvalue weighted by Gasteiger charge is 2.12. The molecule has 4 heteroatoms. The van der Waals surface area contributed by atoms with Gasteiger partial charge in [-0.15, -0.1) is 0 Å². The Bertz CT molecular complexity index is 465. The van der Waals surface area contributed by atoms with E-state index in [1.165, 1.54) is 6.07 Å². The Kier molecular flexibility index (Phi) is 1.96. The van der Waals surface area contributed by atoms with Gasteiger partial charge in [-0.3, -0.25) is 0 Å². The van der Waals surface area contributed by atoms with Gasteiger partial charge in [-0.1, -0.05) is 12.1 Å². The van der Waals surface area contributed by atoms with Gasteiger partial charge in [0, 0.05) is 0 Å². The first-order valence-corrected chi connectivity index (χ1v) is 4.16. The summed E-state index contributed by atoms with van der Waals surface area (Å²) < 4.78 is 18.4. The third kappa shape index (κ3) is 1.35. The van der Waals surface area contributed by atoms with Crippen LogP contribution >= 0.6 is 0 Å². The second-order valence-electron chi connectivity index (χ2n) is 2.95. The Balaban J connectivity index is 2.60. The van der Waals surface area contributed by atoms with Crippen LogP contribution in [0.2, 0.25) is 0 Å². The van der Waals surface area contributed by atoms with Crippen molar-refractivity contribution < 1.29 is 8.81 Å². The predicted octanol–water partition coefficient (Wildman–Crippen LogP) is 2.37. The van der Waals surface area contributed by atoms with Gasteiger partial charge in [0.05, 0.1) is 11.3 Å². The van der Waals surface area contributed by atoms with Crippen LogP contribution in [0.25, 0.3) is 11.3 Å². The van der Waals surface area contributed by atoms with Crippen molar-refractivity contribution in [1.82, 2.24) is 4.98 Å². The van der Waals surface area contributed by atoms with Gasteiger partial charge in [-0.2, -0.15) is 4.98 Å². The Hall–Kier alpha value is -1.84. The van der Waals surface area contributed by atoms with E-state index in [4.69, 9.17) is 10.2 Å². The Morgan fingerprint density at radius 1 is 1.36 bits per heavy atom. The van der Waals surface area contributed by atoms with Crippen molar-refractivity contribution >= 4 is 6.01 Å². The Morgan fingerprint density at radius 3 is 2.64 bits per heavy atom. The van der Waals surface area contributed by atoms with E-state index >= 15 is 0 Å². The quantitative estimate of drug-likeness (QED) is 0.754. The highest BCUT2D eigenvalue weighted by atomic mass is 19.1. The molecule has 0 unspecified atom stereocenters. The first-order chi connectivity index (χ1) is 6.68. The zero-order valence-electron chi connectivity index (χ0n) is 7.62. The molecule has 0 atom stereocenters. The van der Waals surface area contributed by atoms with E-state index in [1.807, 2.05) is 0 Å². The van der Waals surface area contributed by atoms with Crippen LogP contribution in [0.1, 0.15) is 5.69 Å². The van der Waals surface area contributed by atoms with E-state index in [-0.39, 0.29) is 11.8 Å². The second-order valence-corrected chi connectivity index (χ2v) is 2.95. The normalized spacial score (nSPS) is 10.4. The van der Waals surface area contributed by atoms with E-state index in [0.717, 1.165) is 0 Å². The molecule has 2 rings (SSSR count). The average molecular weight is 192 g/mol. The molecule has 0 radical (unpaired) electrons. The van der Waals surface area contributed by atoms with Crippen molar-refractivity contribution in [3.8, 4) is 11.3 Å². The summed E-state index contributed by atoms with van der Waals surface area (Å²) in [4.78, 5) is 3.87. The molecule has 0 fully saturated rings. The molecule has 0 spiro atoms. The van der Waals surface area contributed by atoms with Crippen LogP contribution in [0.3, 0.4) is 0 Å². The van der Waals surface area contributed by atoms with Gasteiger partial charge in [0.25, 0.3) is 6.01 Å². The lowest BCUT2D eigenvalue weighted by Crippen LogP contribution is -1.83. The number of benzene rings is 1. The molecule has 0 amide bonds. The average Bonchev–Trinajstić information content (AvgIpc) is 2.46. The van der Waals surface area contributed by atoms with Gasteiger partial charge in [0.15, 0.2) is 5.76 Å². The van der Waals surface area contributed by atoms with Gasteiger partial charge in [0.2, 0.25) is 0 Å². The molecule has 0 aliphatic heterocycles. The van der Waals surface area contributed by atoms with Crippen LogP contribution in [0, 0.1) is 12.7 Å².